The number of nitrogens with zero attached hydrogens (tertiary/aromatic N) is 3. The van der Waals surface area contributed by atoms with Crippen molar-refractivity contribution in [2.24, 2.45) is 0 Å². The number of aryl methyl sites for hydroxylation is 1. The fraction of sp³-hybridized carbons (Fsp3) is 0.250. The molecule has 0 fully saturated rings. The lowest BCUT2D eigenvalue weighted by molar-refractivity contribution is 0.0754. The van der Waals surface area contributed by atoms with E-state index < -0.39 is 0 Å². The number of imidazole rings is 1. The van der Waals surface area contributed by atoms with E-state index >= 15 is 0 Å². The van der Waals surface area contributed by atoms with Gasteiger partial charge in [0.1, 0.15) is 18.0 Å². The lowest BCUT2D eigenvalue weighted by Gasteiger charge is -2.21. The third-order valence-corrected chi connectivity index (χ3v) is 5.88. The molecule has 4 aromatic rings. The molecular formula is C28H30N4O3. The van der Waals surface area contributed by atoms with Crippen molar-refractivity contribution in [1.82, 2.24) is 19.6 Å². The van der Waals surface area contributed by atoms with Crippen molar-refractivity contribution in [3.8, 4) is 5.75 Å². The molecule has 4 rings (SSSR count). The highest BCUT2D eigenvalue weighted by atomic mass is 16.5. The van der Waals surface area contributed by atoms with Crippen LogP contribution in [0.1, 0.15) is 51.4 Å². The molecule has 0 aliphatic carbocycles. The number of rotatable bonds is 8. The average Bonchev–Trinajstić information content (AvgIpc) is 3.27. The Morgan fingerprint density at radius 1 is 1.03 bits per heavy atom. The first-order chi connectivity index (χ1) is 16.8. The number of aromatic nitrogens is 2. The Labute approximate surface area is 205 Å². The molecule has 2 aromatic heterocycles. The third kappa shape index (κ3) is 5.87. The van der Waals surface area contributed by atoms with Crippen LogP contribution >= 0.6 is 0 Å². The van der Waals surface area contributed by atoms with Gasteiger partial charge in [-0.25, -0.2) is 4.98 Å². The maximum absolute atomic E-state index is 12.7. The molecule has 0 aliphatic heterocycles. The minimum Gasteiger partial charge on any atom is -0.487 e. The number of nitrogens with one attached hydrogen (secondary N) is 1. The minimum absolute atomic E-state index is 0.0221. The van der Waals surface area contributed by atoms with Crippen LogP contribution in [0, 0.1) is 6.92 Å². The van der Waals surface area contributed by atoms with Crippen molar-refractivity contribution in [3.05, 3.63) is 101 Å². The predicted octanol–water partition coefficient (Wildman–Crippen LogP) is 4.63. The molecule has 180 valence electrons. The first-order valence-corrected chi connectivity index (χ1v) is 11.6. The van der Waals surface area contributed by atoms with E-state index in [9.17, 15) is 9.59 Å². The summed E-state index contributed by atoms with van der Waals surface area (Å²) in [5, 5.41) is 2.92. The van der Waals surface area contributed by atoms with Crippen molar-refractivity contribution in [3.63, 3.8) is 0 Å². The summed E-state index contributed by atoms with van der Waals surface area (Å²) in [5.41, 5.74) is 4.89. The molecule has 0 bridgehead atoms. The molecule has 2 heterocycles. The molecule has 7 nitrogen and oxygen atoms in total. The van der Waals surface area contributed by atoms with E-state index in [1.54, 1.807) is 42.3 Å². The zero-order chi connectivity index (χ0) is 24.9. The van der Waals surface area contributed by atoms with Crippen LogP contribution in [0.5, 0.6) is 5.75 Å². The van der Waals surface area contributed by atoms with Crippen molar-refractivity contribution >= 4 is 17.5 Å². The lowest BCUT2D eigenvalue weighted by atomic mass is 10.1. The Kier molecular flexibility index (Phi) is 7.15. The quantitative estimate of drug-likeness (QED) is 0.407. The van der Waals surface area contributed by atoms with Gasteiger partial charge in [-0.3, -0.25) is 9.59 Å². The first-order valence-electron chi connectivity index (χ1n) is 11.6. The van der Waals surface area contributed by atoms with E-state index in [-0.39, 0.29) is 17.9 Å². The number of hydrogen-bond donors (Lipinski definition) is 1. The molecule has 2 aromatic carbocycles. The normalized spacial score (nSPS) is 11.0. The Balaban J connectivity index is 1.33. The van der Waals surface area contributed by atoms with Gasteiger partial charge in [0.2, 0.25) is 0 Å². The second kappa shape index (κ2) is 10.4. The molecule has 35 heavy (non-hydrogen) atoms. The van der Waals surface area contributed by atoms with Crippen LogP contribution in [0.25, 0.3) is 5.65 Å². The highest BCUT2D eigenvalue weighted by Gasteiger charge is 2.14. The van der Waals surface area contributed by atoms with E-state index in [1.807, 2.05) is 67.9 Å². The number of ether oxygens (including phenoxy) is 1. The molecule has 7 heteroatoms. The average molecular weight is 471 g/mol. The van der Waals surface area contributed by atoms with Gasteiger partial charge in [0, 0.05) is 43.2 Å². The number of pyridine rings is 1. The summed E-state index contributed by atoms with van der Waals surface area (Å²) in [7, 11) is 1.79. The van der Waals surface area contributed by atoms with E-state index in [4.69, 9.17) is 4.74 Å². The molecule has 2 amide bonds. The fourth-order valence-corrected chi connectivity index (χ4v) is 3.60. The summed E-state index contributed by atoms with van der Waals surface area (Å²) in [6.07, 6.45) is 3.96. The molecule has 0 saturated carbocycles. The number of fused-ring (bicyclic) bond motifs is 1. The monoisotopic (exact) mass is 470 g/mol. The Bertz CT molecular complexity index is 1340. The zero-order valence-electron chi connectivity index (χ0n) is 20.5. The summed E-state index contributed by atoms with van der Waals surface area (Å²) < 4.78 is 7.86. The van der Waals surface area contributed by atoms with E-state index in [1.165, 1.54) is 0 Å². The topological polar surface area (TPSA) is 75.9 Å². The smallest absolute Gasteiger partial charge is 0.253 e. The van der Waals surface area contributed by atoms with Crippen molar-refractivity contribution in [2.45, 2.75) is 40.0 Å². The lowest BCUT2D eigenvalue weighted by Crippen LogP contribution is -2.32. The molecule has 0 aliphatic rings. The SMILES string of the molecule is Cc1ccc2nc(COc3cccc(C(=O)NCc4ccc(C(=O)N(C)C(C)C)cc4)c3)cn2c1. The predicted molar refractivity (Wildman–Crippen MR) is 136 cm³/mol. The van der Waals surface area contributed by atoms with E-state index in [0.29, 0.717) is 30.0 Å². The molecule has 0 atom stereocenters. The summed E-state index contributed by atoms with van der Waals surface area (Å²) in [4.78, 5) is 31.4. The van der Waals surface area contributed by atoms with Gasteiger partial charge in [-0.1, -0.05) is 24.3 Å². The molecule has 0 saturated heterocycles. The maximum Gasteiger partial charge on any atom is 0.253 e. The second-order valence-electron chi connectivity index (χ2n) is 8.91. The first kappa shape index (κ1) is 24.0. The summed E-state index contributed by atoms with van der Waals surface area (Å²) in [6, 6.07) is 18.5. The minimum atomic E-state index is -0.196. The number of carbonyl (C=O) groups excluding carboxylic acids is 2. The number of hydrogen-bond acceptors (Lipinski definition) is 4. The highest BCUT2D eigenvalue weighted by Crippen LogP contribution is 2.16. The van der Waals surface area contributed by atoms with Crippen LogP contribution in [-0.2, 0) is 13.2 Å². The highest BCUT2D eigenvalue weighted by molar-refractivity contribution is 5.95. The Hall–Kier alpha value is -4.13. The van der Waals surface area contributed by atoms with Crippen LogP contribution < -0.4 is 10.1 Å². The zero-order valence-corrected chi connectivity index (χ0v) is 20.5. The second-order valence-corrected chi connectivity index (χ2v) is 8.91. The van der Waals surface area contributed by atoms with Gasteiger partial charge in [0.15, 0.2) is 0 Å². The summed E-state index contributed by atoms with van der Waals surface area (Å²) in [6.45, 7) is 6.65. The van der Waals surface area contributed by atoms with Gasteiger partial charge in [-0.15, -0.1) is 0 Å². The van der Waals surface area contributed by atoms with Crippen molar-refractivity contribution < 1.29 is 14.3 Å². The van der Waals surface area contributed by atoms with Gasteiger partial charge < -0.3 is 19.4 Å². The maximum atomic E-state index is 12.7. The van der Waals surface area contributed by atoms with Crippen LogP contribution in [0.3, 0.4) is 0 Å². The number of amides is 2. The van der Waals surface area contributed by atoms with Crippen LogP contribution in [-0.4, -0.2) is 39.2 Å². The Morgan fingerprint density at radius 2 is 1.80 bits per heavy atom. The van der Waals surface area contributed by atoms with Crippen LogP contribution in [0.4, 0.5) is 0 Å². The third-order valence-electron chi connectivity index (χ3n) is 5.88. The van der Waals surface area contributed by atoms with Gasteiger partial charge in [0.05, 0.1) is 5.69 Å². The Morgan fingerprint density at radius 3 is 2.54 bits per heavy atom. The number of carbonyl (C=O) groups is 2. The van der Waals surface area contributed by atoms with Crippen LogP contribution in [0.15, 0.2) is 73.1 Å². The molecule has 0 unspecified atom stereocenters. The van der Waals surface area contributed by atoms with E-state index in [2.05, 4.69) is 10.3 Å². The van der Waals surface area contributed by atoms with Gasteiger partial charge in [-0.2, -0.15) is 0 Å². The van der Waals surface area contributed by atoms with Crippen molar-refractivity contribution in [1.29, 1.82) is 0 Å². The molecular weight excluding hydrogens is 440 g/mol. The standard InChI is InChI=1S/C28H30N4O3/c1-19(2)31(4)28(34)22-11-9-21(10-12-22)15-29-27(33)23-6-5-7-25(14-23)35-18-24-17-32-16-20(3)8-13-26(32)30-24/h5-14,16-17,19H,15,18H2,1-4H3,(H,29,33). The number of benzene rings is 2. The largest absolute Gasteiger partial charge is 0.487 e. The summed E-state index contributed by atoms with van der Waals surface area (Å²) >= 11 is 0. The van der Waals surface area contributed by atoms with E-state index in [0.717, 1.165) is 22.5 Å². The van der Waals surface area contributed by atoms with Gasteiger partial charge in [-0.05, 0) is 68.3 Å². The molecule has 0 radical (unpaired) electrons. The van der Waals surface area contributed by atoms with Gasteiger partial charge >= 0.3 is 0 Å². The molecule has 1 N–H and O–H groups in total. The fourth-order valence-electron chi connectivity index (χ4n) is 3.60. The van der Waals surface area contributed by atoms with Crippen LogP contribution in [0.2, 0.25) is 0 Å². The van der Waals surface area contributed by atoms with Crippen molar-refractivity contribution in [2.75, 3.05) is 7.05 Å². The molecule has 0 spiro atoms. The summed E-state index contributed by atoms with van der Waals surface area (Å²) in [5.74, 6) is 0.382. The van der Waals surface area contributed by atoms with Gasteiger partial charge in [0.25, 0.3) is 11.8 Å².